The number of nitrogens with zero attached hydrogens (tertiary/aromatic N) is 5. The van der Waals surface area contributed by atoms with Gasteiger partial charge in [-0.05, 0) is 19.9 Å². The summed E-state index contributed by atoms with van der Waals surface area (Å²) in [5, 5.41) is 0.685. The molecule has 4 rings (SSSR count). The van der Waals surface area contributed by atoms with Crippen molar-refractivity contribution < 1.29 is 4.79 Å². The highest BCUT2D eigenvalue weighted by Crippen LogP contribution is 2.21. The van der Waals surface area contributed by atoms with Gasteiger partial charge in [0.1, 0.15) is 16.5 Å². The molecule has 7 nitrogen and oxygen atoms in total. The molecule has 1 unspecified atom stereocenters. The van der Waals surface area contributed by atoms with Gasteiger partial charge in [0.25, 0.3) is 5.56 Å². The van der Waals surface area contributed by atoms with Gasteiger partial charge in [-0.15, -0.1) is 11.3 Å². The summed E-state index contributed by atoms with van der Waals surface area (Å²) < 4.78 is 3.74. The van der Waals surface area contributed by atoms with Crippen LogP contribution >= 0.6 is 11.3 Å². The molecular weight excluding hydrogens is 362 g/mol. The van der Waals surface area contributed by atoms with Gasteiger partial charge in [0.15, 0.2) is 0 Å². The summed E-state index contributed by atoms with van der Waals surface area (Å²) in [6.07, 6.45) is 4.25. The molecule has 0 spiro atoms. The number of rotatable bonds is 3. The number of amides is 1. The van der Waals surface area contributed by atoms with Crippen LogP contribution in [0.25, 0.3) is 10.2 Å². The van der Waals surface area contributed by atoms with E-state index in [0.717, 1.165) is 21.4 Å². The van der Waals surface area contributed by atoms with E-state index >= 15 is 0 Å². The van der Waals surface area contributed by atoms with Crippen LogP contribution in [0.1, 0.15) is 23.4 Å². The van der Waals surface area contributed by atoms with Crippen LogP contribution in [0.5, 0.6) is 0 Å². The molecule has 3 aromatic rings. The molecule has 0 saturated heterocycles. The number of fused-ring (bicyclic) bond motifs is 2. The van der Waals surface area contributed by atoms with Gasteiger partial charge in [-0.3, -0.25) is 14.2 Å². The van der Waals surface area contributed by atoms with Crippen LogP contribution < -0.4 is 5.56 Å². The first kappa shape index (κ1) is 17.9. The van der Waals surface area contributed by atoms with Gasteiger partial charge in [-0.25, -0.2) is 9.97 Å². The van der Waals surface area contributed by atoms with Gasteiger partial charge in [0.2, 0.25) is 5.91 Å². The molecule has 8 heteroatoms. The highest BCUT2D eigenvalue weighted by atomic mass is 32.1. The number of carbonyl (C=O) groups excluding carboxylic acids is 1. The topological polar surface area (TPSA) is 73.0 Å². The van der Waals surface area contributed by atoms with Gasteiger partial charge in [-0.1, -0.05) is 6.92 Å². The molecule has 142 valence electrons. The van der Waals surface area contributed by atoms with E-state index in [9.17, 15) is 9.59 Å². The predicted molar refractivity (Wildman–Crippen MR) is 105 cm³/mol. The van der Waals surface area contributed by atoms with Crippen LogP contribution in [0, 0.1) is 19.8 Å². The lowest BCUT2D eigenvalue weighted by Crippen LogP contribution is -2.39. The lowest BCUT2D eigenvalue weighted by Gasteiger charge is -2.24. The summed E-state index contributed by atoms with van der Waals surface area (Å²) in [6.45, 7) is 8.11. The number of thiophene rings is 1. The van der Waals surface area contributed by atoms with Gasteiger partial charge in [0.05, 0.1) is 11.3 Å². The highest BCUT2D eigenvalue weighted by Gasteiger charge is 2.25. The van der Waals surface area contributed by atoms with Crippen LogP contribution in [0.15, 0.2) is 23.3 Å². The van der Waals surface area contributed by atoms with E-state index in [-0.39, 0.29) is 17.4 Å². The molecule has 1 atom stereocenters. The van der Waals surface area contributed by atoms with Crippen molar-refractivity contribution in [1.29, 1.82) is 0 Å². The third-order valence-corrected chi connectivity index (χ3v) is 6.12. The number of aryl methyl sites for hydroxylation is 2. The SMILES string of the molecule is Cc1cc2c(=O)n3c(nc2s1)CCN(C(=O)C(C)Cn1ccnc1C)CC3. The van der Waals surface area contributed by atoms with Crippen molar-refractivity contribution in [2.45, 2.75) is 40.3 Å². The molecule has 4 heterocycles. The van der Waals surface area contributed by atoms with Gasteiger partial charge in [0, 0.05) is 49.9 Å². The maximum absolute atomic E-state index is 12.9. The molecule has 1 aliphatic rings. The maximum atomic E-state index is 12.9. The van der Waals surface area contributed by atoms with E-state index in [2.05, 4.69) is 4.98 Å². The van der Waals surface area contributed by atoms with Gasteiger partial charge < -0.3 is 9.47 Å². The zero-order valence-electron chi connectivity index (χ0n) is 15.8. The molecule has 0 fully saturated rings. The second-order valence-corrected chi connectivity index (χ2v) is 8.40. The Morgan fingerprint density at radius 1 is 1.30 bits per heavy atom. The zero-order valence-corrected chi connectivity index (χ0v) is 16.6. The Hall–Kier alpha value is -2.48. The van der Waals surface area contributed by atoms with Crippen LogP contribution in [0.2, 0.25) is 0 Å². The average molecular weight is 385 g/mol. The first-order valence-corrected chi connectivity index (χ1v) is 10.0. The predicted octanol–water partition coefficient (Wildman–Crippen LogP) is 1.99. The third-order valence-electron chi connectivity index (χ3n) is 5.18. The lowest BCUT2D eigenvalue weighted by atomic mass is 10.1. The smallest absolute Gasteiger partial charge is 0.262 e. The Morgan fingerprint density at radius 3 is 2.85 bits per heavy atom. The Morgan fingerprint density at radius 2 is 2.11 bits per heavy atom. The van der Waals surface area contributed by atoms with Crippen molar-refractivity contribution in [3.05, 3.63) is 45.3 Å². The fraction of sp³-hybridized carbons (Fsp3) is 0.474. The fourth-order valence-electron chi connectivity index (χ4n) is 3.67. The van der Waals surface area contributed by atoms with Crippen LogP contribution in [-0.4, -0.2) is 43.0 Å². The van der Waals surface area contributed by atoms with E-state index in [1.165, 1.54) is 0 Å². The highest BCUT2D eigenvalue weighted by molar-refractivity contribution is 7.18. The summed E-state index contributed by atoms with van der Waals surface area (Å²) in [4.78, 5) is 38.4. The molecule has 0 aromatic carbocycles. The van der Waals surface area contributed by atoms with E-state index in [1.807, 2.05) is 42.5 Å². The molecular formula is C19H23N5O2S. The van der Waals surface area contributed by atoms with Crippen molar-refractivity contribution in [3.63, 3.8) is 0 Å². The quantitative estimate of drug-likeness (QED) is 0.691. The molecule has 0 radical (unpaired) electrons. The molecule has 0 bridgehead atoms. The molecule has 3 aromatic heterocycles. The monoisotopic (exact) mass is 385 g/mol. The second kappa shape index (κ2) is 6.92. The number of imidazole rings is 1. The van der Waals surface area contributed by atoms with Crippen molar-refractivity contribution in [2.24, 2.45) is 5.92 Å². The Bertz CT molecular complexity index is 1060. The number of aromatic nitrogens is 4. The molecule has 0 N–H and O–H groups in total. The molecule has 0 saturated carbocycles. The minimum atomic E-state index is -0.144. The van der Waals surface area contributed by atoms with Crippen molar-refractivity contribution in [3.8, 4) is 0 Å². The molecule has 27 heavy (non-hydrogen) atoms. The Kier molecular flexibility index (Phi) is 4.59. The Balaban J connectivity index is 1.53. The number of carbonyl (C=O) groups is 1. The largest absolute Gasteiger partial charge is 0.340 e. The fourth-order valence-corrected chi connectivity index (χ4v) is 4.56. The minimum absolute atomic E-state index is 0.00994. The minimum Gasteiger partial charge on any atom is -0.340 e. The van der Waals surface area contributed by atoms with Crippen molar-refractivity contribution in [1.82, 2.24) is 24.0 Å². The second-order valence-electron chi connectivity index (χ2n) is 7.16. The first-order chi connectivity index (χ1) is 12.9. The lowest BCUT2D eigenvalue weighted by molar-refractivity contribution is -0.135. The standard InChI is InChI=1S/C19H23N5O2S/c1-12(11-23-7-5-20-14(23)3)18(25)22-6-4-16-21-17-15(10-13(2)27-17)19(26)24(16)9-8-22/h5,7,10,12H,4,6,8-9,11H2,1-3H3. The van der Waals surface area contributed by atoms with E-state index in [0.29, 0.717) is 38.0 Å². The molecule has 1 amide bonds. The normalized spacial score (nSPS) is 15.6. The summed E-state index contributed by atoms with van der Waals surface area (Å²) in [6, 6.07) is 1.91. The van der Waals surface area contributed by atoms with Crippen molar-refractivity contribution in [2.75, 3.05) is 13.1 Å². The summed E-state index contributed by atoms with van der Waals surface area (Å²) in [7, 11) is 0. The Labute approximate surface area is 161 Å². The first-order valence-electron chi connectivity index (χ1n) is 9.20. The van der Waals surface area contributed by atoms with Crippen LogP contribution in [0.4, 0.5) is 0 Å². The summed E-state index contributed by atoms with van der Waals surface area (Å²) in [5.41, 5.74) is 0.00994. The molecule has 1 aliphatic heterocycles. The zero-order chi connectivity index (χ0) is 19.1. The van der Waals surface area contributed by atoms with Crippen molar-refractivity contribution >= 4 is 27.5 Å². The van der Waals surface area contributed by atoms with Gasteiger partial charge >= 0.3 is 0 Å². The average Bonchev–Trinajstić information content (AvgIpc) is 3.13. The number of hydrogen-bond acceptors (Lipinski definition) is 5. The maximum Gasteiger partial charge on any atom is 0.262 e. The number of hydrogen-bond donors (Lipinski definition) is 0. The van der Waals surface area contributed by atoms with Crippen LogP contribution in [-0.2, 0) is 24.3 Å². The van der Waals surface area contributed by atoms with E-state index in [4.69, 9.17) is 4.98 Å². The van der Waals surface area contributed by atoms with E-state index < -0.39 is 0 Å². The van der Waals surface area contributed by atoms with Crippen LogP contribution in [0.3, 0.4) is 0 Å². The van der Waals surface area contributed by atoms with E-state index in [1.54, 1.807) is 22.1 Å². The van der Waals surface area contributed by atoms with Gasteiger partial charge in [-0.2, -0.15) is 0 Å². The third kappa shape index (κ3) is 3.29. The summed E-state index contributed by atoms with van der Waals surface area (Å²) >= 11 is 1.55. The summed E-state index contributed by atoms with van der Waals surface area (Å²) in [5.74, 6) is 1.66. The molecule has 0 aliphatic carbocycles.